The highest BCUT2D eigenvalue weighted by atomic mass is 32.2. The zero-order chi connectivity index (χ0) is 23.7. The van der Waals surface area contributed by atoms with E-state index >= 15 is 0 Å². The molecule has 0 bridgehead atoms. The maximum atomic E-state index is 12.7. The number of thioether (sulfide) groups is 1. The molecule has 0 fully saturated rings. The Balaban J connectivity index is 1.44. The molecule has 174 valence electrons. The maximum Gasteiger partial charge on any atom is 0.234 e. The highest BCUT2D eigenvalue weighted by Crippen LogP contribution is 2.35. The van der Waals surface area contributed by atoms with Crippen molar-refractivity contribution in [2.75, 3.05) is 25.0 Å². The smallest absolute Gasteiger partial charge is 0.234 e. The molecule has 1 N–H and O–H groups in total. The fourth-order valence-corrected chi connectivity index (χ4v) is 4.53. The molecule has 4 aromatic rings. The molecule has 2 aromatic carbocycles. The van der Waals surface area contributed by atoms with Crippen molar-refractivity contribution in [3.63, 3.8) is 0 Å². The molecule has 10 heteroatoms. The minimum Gasteiger partial charge on any atom is -0.494 e. The summed E-state index contributed by atoms with van der Waals surface area (Å²) in [6.45, 7) is 4.31. The molecule has 0 atom stereocenters. The van der Waals surface area contributed by atoms with Crippen molar-refractivity contribution in [1.29, 1.82) is 0 Å². The van der Waals surface area contributed by atoms with Crippen molar-refractivity contribution < 1.29 is 19.0 Å². The van der Waals surface area contributed by atoms with E-state index in [0.717, 1.165) is 22.3 Å². The number of hydrogen-bond donors (Lipinski definition) is 1. The van der Waals surface area contributed by atoms with Gasteiger partial charge in [-0.1, -0.05) is 37.7 Å². The number of carbonyl (C=O) groups excluding carboxylic acids is 1. The summed E-state index contributed by atoms with van der Waals surface area (Å²) in [4.78, 5) is 12.7. The van der Waals surface area contributed by atoms with Crippen LogP contribution in [0.2, 0.25) is 0 Å². The van der Waals surface area contributed by atoms with Gasteiger partial charge in [0.15, 0.2) is 11.5 Å². The molecule has 0 unspecified atom stereocenters. The van der Waals surface area contributed by atoms with E-state index in [4.69, 9.17) is 14.2 Å². The second-order valence-electron chi connectivity index (χ2n) is 7.94. The molecule has 9 nitrogen and oxygen atoms in total. The summed E-state index contributed by atoms with van der Waals surface area (Å²) in [6.07, 6.45) is 1.79. The second-order valence-corrected chi connectivity index (χ2v) is 8.90. The number of amides is 1. The molecule has 0 aliphatic carbocycles. The van der Waals surface area contributed by atoms with Crippen LogP contribution in [0.15, 0.2) is 53.7 Å². The van der Waals surface area contributed by atoms with Gasteiger partial charge in [-0.15, -0.1) is 5.10 Å². The van der Waals surface area contributed by atoms with Crippen LogP contribution in [0.4, 0.5) is 5.69 Å². The van der Waals surface area contributed by atoms with Gasteiger partial charge in [0, 0.05) is 17.1 Å². The zero-order valence-corrected chi connectivity index (χ0v) is 19.8. The second kappa shape index (κ2) is 9.22. The SMILES string of the molecule is COc1ccccc1-n1ncc2c(C(C)C)nnc(SCC(=O)Nc3ccc4c(c3)OCO4)c21. The van der Waals surface area contributed by atoms with E-state index in [9.17, 15) is 4.79 Å². The van der Waals surface area contributed by atoms with Crippen LogP contribution in [0.1, 0.15) is 25.5 Å². The number of ether oxygens (including phenoxy) is 3. The molecule has 0 spiro atoms. The number of nitrogens with zero attached hydrogens (tertiary/aromatic N) is 4. The Morgan fingerprint density at radius 1 is 1.18 bits per heavy atom. The van der Waals surface area contributed by atoms with E-state index in [2.05, 4.69) is 34.5 Å². The Bertz CT molecular complexity index is 1370. The van der Waals surface area contributed by atoms with Gasteiger partial charge in [0.05, 0.1) is 24.8 Å². The van der Waals surface area contributed by atoms with Crippen LogP contribution in [0.25, 0.3) is 16.6 Å². The van der Waals surface area contributed by atoms with Gasteiger partial charge in [-0.3, -0.25) is 4.79 Å². The first kappa shape index (κ1) is 22.0. The highest BCUT2D eigenvalue weighted by Gasteiger charge is 2.21. The number of carbonyl (C=O) groups is 1. The molecule has 0 saturated carbocycles. The Labute approximate surface area is 200 Å². The lowest BCUT2D eigenvalue weighted by atomic mass is 10.1. The Hall–Kier alpha value is -3.79. The lowest BCUT2D eigenvalue weighted by Crippen LogP contribution is -2.14. The van der Waals surface area contributed by atoms with Gasteiger partial charge in [-0.05, 0) is 30.2 Å². The number of methoxy groups -OCH3 is 1. The molecular weight excluding hydrogens is 454 g/mol. The quantitative estimate of drug-likeness (QED) is 0.391. The summed E-state index contributed by atoms with van der Waals surface area (Å²) in [5.41, 5.74) is 3.07. The van der Waals surface area contributed by atoms with E-state index in [1.807, 2.05) is 24.3 Å². The largest absolute Gasteiger partial charge is 0.494 e. The lowest BCUT2D eigenvalue weighted by molar-refractivity contribution is -0.113. The third-order valence-electron chi connectivity index (χ3n) is 5.35. The van der Waals surface area contributed by atoms with Crippen molar-refractivity contribution in [3.05, 3.63) is 54.4 Å². The number of benzene rings is 2. The lowest BCUT2D eigenvalue weighted by Gasteiger charge is -2.12. The molecule has 5 rings (SSSR count). The molecule has 34 heavy (non-hydrogen) atoms. The molecular formula is C24H23N5O4S. The minimum absolute atomic E-state index is 0.149. The predicted molar refractivity (Wildman–Crippen MR) is 129 cm³/mol. The average Bonchev–Trinajstić information content (AvgIpc) is 3.49. The van der Waals surface area contributed by atoms with Crippen LogP contribution in [-0.2, 0) is 4.79 Å². The monoisotopic (exact) mass is 477 g/mol. The van der Waals surface area contributed by atoms with Gasteiger partial charge in [0.1, 0.15) is 22.0 Å². The first-order valence-electron chi connectivity index (χ1n) is 10.7. The average molecular weight is 478 g/mol. The Kier molecular flexibility index (Phi) is 5.97. The first-order chi connectivity index (χ1) is 16.5. The van der Waals surface area contributed by atoms with E-state index < -0.39 is 0 Å². The summed E-state index contributed by atoms with van der Waals surface area (Å²) >= 11 is 1.31. The van der Waals surface area contributed by atoms with Gasteiger partial charge in [-0.2, -0.15) is 10.2 Å². The van der Waals surface area contributed by atoms with E-state index in [1.54, 1.807) is 36.2 Å². The number of nitrogens with one attached hydrogen (secondary N) is 1. The third kappa shape index (κ3) is 4.12. The van der Waals surface area contributed by atoms with Crippen molar-refractivity contribution in [1.82, 2.24) is 20.0 Å². The Morgan fingerprint density at radius 2 is 2.00 bits per heavy atom. The van der Waals surface area contributed by atoms with E-state index in [-0.39, 0.29) is 24.4 Å². The minimum atomic E-state index is -0.171. The summed E-state index contributed by atoms with van der Waals surface area (Å²) in [5.74, 6) is 2.11. The molecule has 3 heterocycles. The fraction of sp³-hybridized carbons (Fsp3) is 0.250. The number of para-hydroxylation sites is 2. The number of hydrogen-bond acceptors (Lipinski definition) is 8. The summed E-state index contributed by atoms with van der Waals surface area (Å²) in [5, 5.41) is 17.9. The van der Waals surface area contributed by atoms with Crippen LogP contribution in [-0.4, -0.2) is 45.5 Å². The number of rotatable bonds is 7. The van der Waals surface area contributed by atoms with Crippen LogP contribution in [0, 0.1) is 0 Å². The van der Waals surface area contributed by atoms with Gasteiger partial charge >= 0.3 is 0 Å². The van der Waals surface area contributed by atoms with Gasteiger partial charge in [0.25, 0.3) is 0 Å². The summed E-state index contributed by atoms with van der Waals surface area (Å²) in [6, 6.07) is 12.9. The van der Waals surface area contributed by atoms with Crippen LogP contribution < -0.4 is 19.5 Å². The van der Waals surface area contributed by atoms with E-state index in [0.29, 0.717) is 28.0 Å². The van der Waals surface area contributed by atoms with Crippen molar-refractivity contribution in [2.45, 2.75) is 24.8 Å². The molecule has 1 aliphatic heterocycles. The number of fused-ring (bicyclic) bond motifs is 2. The Morgan fingerprint density at radius 3 is 2.82 bits per heavy atom. The first-order valence-corrected chi connectivity index (χ1v) is 11.7. The summed E-state index contributed by atoms with van der Waals surface area (Å²) in [7, 11) is 1.63. The zero-order valence-electron chi connectivity index (χ0n) is 18.9. The van der Waals surface area contributed by atoms with Crippen LogP contribution >= 0.6 is 11.8 Å². The maximum absolute atomic E-state index is 12.7. The van der Waals surface area contributed by atoms with Crippen LogP contribution in [0.3, 0.4) is 0 Å². The standard InChI is InChI=1S/C24H23N5O4S/c1-14(2)22-16-11-25-29(17-6-4-5-7-18(17)31-3)23(16)24(28-27-22)34-12-21(30)26-15-8-9-19-20(10-15)33-13-32-19/h4-11,14H,12-13H2,1-3H3,(H,26,30). The fourth-order valence-electron chi connectivity index (χ4n) is 3.76. The topological polar surface area (TPSA) is 100 Å². The van der Waals surface area contributed by atoms with Gasteiger partial charge < -0.3 is 19.5 Å². The molecule has 1 amide bonds. The molecule has 0 radical (unpaired) electrons. The third-order valence-corrected chi connectivity index (χ3v) is 6.31. The molecule has 1 aliphatic rings. The molecule has 0 saturated heterocycles. The van der Waals surface area contributed by atoms with Crippen molar-refractivity contribution >= 4 is 34.3 Å². The highest BCUT2D eigenvalue weighted by molar-refractivity contribution is 8.00. The van der Waals surface area contributed by atoms with E-state index in [1.165, 1.54) is 11.8 Å². The van der Waals surface area contributed by atoms with Crippen molar-refractivity contribution in [3.8, 4) is 22.9 Å². The number of aromatic nitrogens is 4. The summed E-state index contributed by atoms with van der Waals surface area (Å²) < 4.78 is 18.0. The number of anilines is 1. The van der Waals surface area contributed by atoms with Gasteiger partial charge in [-0.25, -0.2) is 4.68 Å². The van der Waals surface area contributed by atoms with Crippen molar-refractivity contribution in [2.24, 2.45) is 0 Å². The predicted octanol–water partition coefficient (Wildman–Crippen LogP) is 4.41. The normalized spacial score (nSPS) is 12.4. The molecule has 2 aromatic heterocycles. The van der Waals surface area contributed by atoms with Gasteiger partial charge in [0.2, 0.25) is 12.7 Å². The van der Waals surface area contributed by atoms with Crippen LogP contribution in [0.5, 0.6) is 17.2 Å².